The zero-order valence-corrected chi connectivity index (χ0v) is 42.0. The molecule has 3 N–H and O–H groups in total. The summed E-state index contributed by atoms with van der Waals surface area (Å²) in [5, 5.41) is 20.9. The van der Waals surface area contributed by atoms with Gasteiger partial charge < -0.3 is 20.9 Å². The van der Waals surface area contributed by atoms with E-state index in [-0.39, 0.29) is 24.2 Å². The Bertz CT molecular complexity index is 2360. The van der Waals surface area contributed by atoms with Gasteiger partial charge in [0.25, 0.3) is 0 Å². The summed E-state index contributed by atoms with van der Waals surface area (Å²) >= 11 is 8.14. The molecule has 66 heavy (non-hydrogen) atoms. The average Bonchev–Trinajstić information content (AvgIpc) is 3.81. The van der Waals surface area contributed by atoms with E-state index in [0.29, 0.717) is 6.42 Å². The molecule has 4 heterocycles. The number of halogens is 1. The van der Waals surface area contributed by atoms with Gasteiger partial charge in [0.1, 0.15) is 22.7 Å². The second-order valence-electron chi connectivity index (χ2n) is 18.9. The summed E-state index contributed by atoms with van der Waals surface area (Å²) in [5.41, 5.74) is 12.0. The van der Waals surface area contributed by atoms with E-state index in [9.17, 15) is 9.59 Å². The van der Waals surface area contributed by atoms with Crippen molar-refractivity contribution < 1.29 is 9.59 Å². The molecule has 1 aliphatic carbocycles. The number of rotatable bonds is 21. The van der Waals surface area contributed by atoms with Crippen LogP contribution in [-0.2, 0) is 16.0 Å². The molecule has 2 saturated heterocycles. The van der Waals surface area contributed by atoms with Crippen LogP contribution in [0, 0.1) is 20.8 Å². The fraction of sp³-hybridized carbons (Fsp3) is 0.519. The Balaban J connectivity index is 0.766. The van der Waals surface area contributed by atoms with Crippen LogP contribution in [0.3, 0.4) is 0 Å². The molecule has 12 heteroatoms. The Morgan fingerprint density at radius 3 is 2.30 bits per heavy atom. The first kappa shape index (κ1) is 49.2. The summed E-state index contributed by atoms with van der Waals surface area (Å²) < 4.78 is 2.28. The van der Waals surface area contributed by atoms with E-state index in [1.165, 1.54) is 87.5 Å². The zero-order valence-electron chi connectivity index (χ0n) is 40.5. The van der Waals surface area contributed by atoms with Crippen LogP contribution in [0.4, 0.5) is 5.69 Å². The van der Waals surface area contributed by atoms with Gasteiger partial charge in [-0.2, -0.15) is 0 Å². The van der Waals surface area contributed by atoms with E-state index in [1.807, 2.05) is 23.5 Å². The summed E-state index contributed by atoms with van der Waals surface area (Å²) in [4.78, 5) is 31.7. The van der Waals surface area contributed by atoms with E-state index < -0.39 is 6.04 Å². The lowest BCUT2D eigenvalue weighted by Crippen LogP contribution is -2.50. The number of anilines is 1. The minimum atomic E-state index is -0.444. The van der Waals surface area contributed by atoms with Crippen molar-refractivity contribution in [3.63, 3.8) is 0 Å². The molecule has 0 spiro atoms. The third kappa shape index (κ3) is 12.4. The smallest absolute Gasteiger partial charge is 0.246 e. The highest BCUT2D eigenvalue weighted by Gasteiger charge is 2.29. The predicted molar refractivity (Wildman–Crippen MR) is 274 cm³/mol. The predicted octanol–water partition coefficient (Wildman–Crippen LogP) is 11.3. The number of piperidine rings is 1. The van der Waals surface area contributed by atoms with Crippen molar-refractivity contribution in [3.05, 3.63) is 121 Å². The summed E-state index contributed by atoms with van der Waals surface area (Å²) in [5.74, 6) is 1.83. The largest absolute Gasteiger partial charge is 0.389 e. The highest BCUT2D eigenvalue weighted by molar-refractivity contribution is 7.15. The normalized spacial score (nSPS) is 17.6. The minimum absolute atomic E-state index is 0.0764. The second kappa shape index (κ2) is 23.3. The number of amides is 2. The van der Waals surface area contributed by atoms with Crippen LogP contribution in [-0.4, -0.2) is 76.8 Å². The third-order valence-corrected chi connectivity index (χ3v) is 15.5. The minimum Gasteiger partial charge on any atom is -0.389 e. The topological polar surface area (TPSA) is 107 Å². The van der Waals surface area contributed by atoms with Crippen molar-refractivity contribution >= 4 is 46.0 Å². The maximum absolute atomic E-state index is 12.8. The molecular formula is C54H73ClN8O2S. The maximum atomic E-state index is 12.8. The first-order valence-corrected chi connectivity index (χ1v) is 25.9. The van der Waals surface area contributed by atoms with Crippen LogP contribution in [0.25, 0.3) is 10.6 Å². The number of aromatic nitrogens is 3. The van der Waals surface area contributed by atoms with Crippen molar-refractivity contribution in [2.45, 2.75) is 143 Å². The highest BCUT2D eigenvalue weighted by Crippen LogP contribution is 2.42. The number of thiophene rings is 1. The van der Waals surface area contributed by atoms with E-state index in [1.54, 1.807) is 0 Å². The number of nitrogens with one attached hydrogen (secondary N) is 3. The van der Waals surface area contributed by atoms with Gasteiger partial charge in [-0.15, -0.1) is 21.5 Å². The monoisotopic (exact) mass is 933 g/mol. The van der Waals surface area contributed by atoms with Crippen molar-refractivity contribution in [3.8, 4) is 5.00 Å². The third-order valence-electron chi connectivity index (χ3n) is 14.1. The van der Waals surface area contributed by atoms with Crippen LogP contribution in [0.5, 0.6) is 0 Å². The van der Waals surface area contributed by atoms with Crippen LogP contribution in [0.15, 0.2) is 77.7 Å². The van der Waals surface area contributed by atoms with E-state index in [2.05, 4.69) is 120 Å². The van der Waals surface area contributed by atoms with Crippen LogP contribution in [0.2, 0.25) is 5.02 Å². The lowest BCUT2D eigenvalue weighted by Gasteiger charge is -2.36. The molecule has 0 radical (unpaired) electrons. The molecule has 0 bridgehead atoms. The van der Waals surface area contributed by atoms with E-state index in [0.717, 1.165) is 111 Å². The van der Waals surface area contributed by atoms with Gasteiger partial charge in [0.15, 0.2) is 0 Å². The van der Waals surface area contributed by atoms with Gasteiger partial charge in [0, 0.05) is 71.2 Å². The number of hydrogen-bond donors (Lipinski definition) is 3. The fourth-order valence-corrected chi connectivity index (χ4v) is 11.0. The first-order chi connectivity index (χ1) is 31.9. The van der Waals surface area contributed by atoms with Gasteiger partial charge in [-0.05, 0) is 139 Å². The molecule has 3 aliphatic rings. The number of hydrogen-bond acceptors (Lipinski definition) is 8. The molecule has 2 aromatic carbocycles. The Hall–Kier alpha value is -4.71. The molecule has 10 nitrogen and oxygen atoms in total. The Morgan fingerprint density at radius 2 is 1.64 bits per heavy atom. The molecule has 7 rings (SSSR count). The summed E-state index contributed by atoms with van der Waals surface area (Å²) in [6, 6.07) is 16.2. The molecule has 2 aliphatic heterocycles. The number of benzene rings is 2. The standard InChI is InChI=1S/C54H73ClN8O2S/c1-8-36(2)50(44-20-22-45(55)23-21-44)51-39(5)40(6)66-54(51)63-41(7)59-60-52(63)37(3)34-38(4)56-28-13-11-9-10-12-14-29-61-30-32-62(33-31-61)46-24-18-42(19-25-46)35-49(64)57-48-27-26-47(58-53(48)65)43-16-15-17-43/h18-25,37,48,56H,4,8-17,26-35H2,1-3,5-7H3,(H,57,64)(H,58,65)/b50-36+/t37-,48?/m0/s1. The Labute approximate surface area is 403 Å². The lowest BCUT2D eigenvalue weighted by atomic mass is 9.87. The Kier molecular flexibility index (Phi) is 17.4. The molecule has 2 aromatic heterocycles. The summed E-state index contributed by atoms with van der Waals surface area (Å²) in [7, 11) is 0. The molecule has 1 saturated carbocycles. The molecule has 2 atom stereocenters. The number of nitrogens with zero attached hydrogens (tertiary/aromatic N) is 5. The number of carbonyl (C=O) groups is 2. The van der Waals surface area contributed by atoms with Crippen molar-refractivity contribution in [1.29, 1.82) is 0 Å². The molecule has 1 unspecified atom stereocenters. The van der Waals surface area contributed by atoms with Crippen LogP contribution >= 0.6 is 22.9 Å². The van der Waals surface area contributed by atoms with E-state index in [4.69, 9.17) is 16.7 Å². The molecule has 354 valence electrons. The molecule has 2 amide bonds. The number of carbonyl (C=O) groups excluding carboxylic acids is 2. The second-order valence-corrected chi connectivity index (χ2v) is 20.6. The highest BCUT2D eigenvalue weighted by atomic mass is 35.5. The van der Waals surface area contributed by atoms with Gasteiger partial charge >= 0.3 is 0 Å². The summed E-state index contributed by atoms with van der Waals surface area (Å²) in [6.07, 6.45) is 14.4. The maximum Gasteiger partial charge on any atom is 0.246 e. The molecular weight excluding hydrogens is 860 g/mol. The number of aryl methyl sites for hydroxylation is 2. The summed E-state index contributed by atoms with van der Waals surface area (Å²) in [6.45, 7) is 23.9. The zero-order chi connectivity index (χ0) is 46.7. The van der Waals surface area contributed by atoms with Crippen LogP contribution in [0.1, 0.15) is 149 Å². The van der Waals surface area contributed by atoms with Crippen molar-refractivity contribution in [2.24, 2.45) is 0 Å². The van der Waals surface area contributed by atoms with Crippen molar-refractivity contribution in [2.75, 3.05) is 44.2 Å². The number of unbranched alkanes of at least 4 members (excludes halogenated alkanes) is 5. The van der Waals surface area contributed by atoms with Crippen LogP contribution < -0.4 is 20.9 Å². The first-order valence-electron chi connectivity index (χ1n) is 24.7. The van der Waals surface area contributed by atoms with Gasteiger partial charge in [-0.25, -0.2) is 0 Å². The Morgan fingerprint density at radius 1 is 0.939 bits per heavy atom. The lowest BCUT2D eigenvalue weighted by molar-refractivity contribution is -0.129. The van der Waals surface area contributed by atoms with Gasteiger partial charge in [0.2, 0.25) is 11.8 Å². The average molecular weight is 934 g/mol. The molecule has 3 fully saturated rings. The SMILES string of the molecule is C=C(C[C@H](C)c1nnc(C)n1-c1sc(C)c(C)c1/C(=C(\C)CC)c1ccc(Cl)cc1)NCCCCCCCCN1CCN(c2ccc(CC(=O)NC3CCC(=C4CCC4)NC3=O)cc2)CC1. The number of piperazine rings is 1. The van der Waals surface area contributed by atoms with Gasteiger partial charge in [0.05, 0.1) is 6.42 Å². The van der Waals surface area contributed by atoms with Crippen molar-refractivity contribution in [1.82, 2.24) is 35.6 Å². The quantitative estimate of drug-likeness (QED) is 0.0714. The molecule has 4 aromatic rings. The fourth-order valence-electron chi connectivity index (χ4n) is 9.63. The van der Waals surface area contributed by atoms with Gasteiger partial charge in [-0.1, -0.05) is 93.1 Å². The van der Waals surface area contributed by atoms with E-state index >= 15 is 0 Å². The van der Waals surface area contributed by atoms with Gasteiger partial charge in [-0.3, -0.25) is 19.1 Å². The number of allylic oxidation sites excluding steroid dienone is 4.